The van der Waals surface area contributed by atoms with Gasteiger partial charge in [-0.25, -0.2) is 0 Å². The van der Waals surface area contributed by atoms with Crippen molar-refractivity contribution in [3.63, 3.8) is 0 Å². The summed E-state index contributed by atoms with van der Waals surface area (Å²) in [5.41, 5.74) is 2.72. The highest BCUT2D eigenvalue weighted by atomic mass is 32.2. The summed E-state index contributed by atoms with van der Waals surface area (Å²) in [6.45, 7) is 6.94. The topological polar surface area (TPSA) is 66.7 Å². The van der Waals surface area contributed by atoms with E-state index in [-0.39, 0.29) is 11.8 Å². The molecule has 31 heavy (non-hydrogen) atoms. The Bertz CT molecular complexity index is 908. The number of hydrogen-bond acceptors (Lipinski definition) is 5. The molecule has 0 saturated carbocycles. The molecule has 3 heterocycles. The number of carbonyl (C=O) groups excluding carboxylic acids is 2. The highest BCUT2D eigenvalue weighted by molar-refractivity contribution is 7.98. The third kappa shape index (κ3) is 4.97. The summed E-state index contributed by atoms with van der Waals surface area (Å²) in [7, 11) is 0. The van der Waals surface area contributed by atoms with Crippen LogP contribution in [0.5, 0.6) is 0 Å². The molecule has 0 unspecified atom stereocenters. The molecule has 166 valence electrons. The molecule has 1 aromatic heterocycles. The van der Waals surface area contributed by atoms with Crippen LogP contribution >= 0.6 is 11.8 Å². The minimum atomic E-state index is 0.0609. The Morgan fingerprint density at radius 3 is 2.42 bits per heavy atom. The van der Waals surface area contributed by atoms with E-state index in [2.05, 4.69) is 5.16 Å². The number of amides is 2. The van der Waals surface area contributed by atoms with E-state index in [4.69, 9.17) is 4.52 Å². The van der Waals surface area contributed by atoms with Crippen LogP contribution in [0.15, 0.2) is 33.7 Å². The standard InChI is InChI=1S/C24H31N3O3S/c1-17-21(18(2)30-25-17)16-31-22-9-5-4-8-20(22)24(29)27-14-10-19(11-15-27)23(28)26-12-6-3-7-13-26/h4-5,8-9,19H,3,6-7,10-16H2,1-2H3. The van der Waals surface area contributed by atoms with Crippen molar-refractivity contribution in [3.8, 4) is 0 Å². The van der Waals surface area contributed by atoms with Gasteiger partial charge >= 0.3 is 0 Å². The SMILES string of the molecule is Cc1noc(C)c1CSc1ccccc1C(=O)N1CCC(C(=O)N2CCCCC2)CC1. The predicted molar refractivity (Wildman–Crippen MR) is 121 cm³/mol. The number of thioether (sulfide) groups is 1. The lowest BCUT2D eigenvalue weighted by atomic mass is 9.94. The predicted octanol–water partition coefficient (Wildman–Crippen LogP) is 4.45. The Hall–Kier alpha value is -2.28. The number of benzene rings is 1. The quantitative estimate of drug-likeness (QED) is 0.642. The summed E-state index contributed by atoms with van der Waals surface area (Å²) in [4.78, 5) is 31.0. The van der Waals surface area contributed by atoms with Gasteiger partial charge < -0.3 is 14.3 Å². The van der Waals surface area contributed by atoms with Crippen molar-refractivity contribution < 1.29 is 14.1 Å². The van der Waals surface area contributed by atoms with Crippen LogP contribution in [0.2, 0.25) is 0 Å². The van der Waals surface area contributed by atoms with E-state index in [1.54, 1.807) is 11.8 Å². The molecule has 0 N–H and O–H groups in total. The van der Waals surface area contributed by atoms with Crippen molar-refractivity contribution in [1.82, 2.24) is 15.0 Å². The molecule has 2 saturated heterocycles. The van der Waals surface area contributed by atoms with Crippen molar-refractivity contribution in [2.45, 2.75) is 56.6 Å². The maximum Gasteiger partial charge on any atom is 0.254 e. The number of hydrogen-bond donors (Lipinski definition) is 0. The molecule has 0 bridgehead atoms. The van der Waals surface area contributed by atoms with E-state index in [0.717, 1.165) is 72.0 Å². The molecule has 2 amide bonds. The first-order chi connectivity index (χ1) is 15.0. The average Bonchev–Trinajstić information content (AvgIpc) is 3.14. The van der Waals surface area contributed by atoms with Gasteiger partial charge in [-0.2, -0.15) is 0 Å². The van der Waals surface area contributed by atoms with Gasteiger partial charge in [0.1, 0.15) is 5.76 Å². The van der Waals surface area contributed by atoms with Crippen molar-refractivity contribution in [2.24, 2.45) is 5.92 Å². The third-order valence-corrected chi connectivity index (χ3v) is 7.57. The molecule has 0 aliphatic carbocycles. The largest absolute Gasteiger partial charge is 0.361 e. The van der Waals surface area contributed by atoms with Gasteiger partial charge in [0.05, 0.1) is 11.3 Å². The summed E-state index contributed by atoms with van der Waals surface area (Å²) in [5, 5.41) is 4.02. The van der Waals surface area contributed by atoms with Crippen LogP contribution in [0, 0.1) is 19.8 Å². The summed E-state index contributed by atoms with van der Waals surface area (Å²) < 4.78 is 5.26. The Morgan fingerprint density at radius 2 is 1.74 bits per heavy atom. The lowest BCUT2D eigenvalue weighted by molar-refractivity contribution is -0.137. The number of nitrogens with zero attached hydrogens (tertiary/aromatic N) is 3. The molecule has 2 aliphatic rings. The molecule has 2 aliphatic heterocycles. The van der Waals surface area contributed by atoms with E-state index >= 15 is 0 Å². The fourth-order valence-corrected chi connectivity index (χ4v) is 5.70. The summed E-state index contributed by atoms with van der Waals surface area (Å²) in [5.74, 6) is 1.96. The Morgan fingerprint density at radius 1 is 1.03 bits per heavy atom. The second-order valence-corrected chi connectivity index (χ2v) is 9.56. The Kier molecular flexibility index (Phi) is 7.00. The van der Waals surface area contributed by atoms with Crippen LogP contribution in [0.4, 0.5) is 0 Å². The zero-order chi connectivity index (χ0) is 21.8. The maximum atomic E-state index is 13.3. The van der Waals surface area contributed by atoms with Crippen LogP contribution in [-0.2, 0) is 10.5 Å². The molecule has 0 spiro atoms. The normalized spacial score (nSPS) is 17.7. The third-order valence-electron chi connectivity index (χ3n) is 6.47. The van der Waals surface area contributed by atoms with Crippen LogP contribution in [0.3, 0.4) is 0 Å². The fraction of sp³-hybridized carbons (Fsp3) is 0.542. The number of carbonyl (C=O) groups is 2. The lowest BCUT2D eigenvalue weighted by Gasteiger charge is -2.35. The number of aryl methyl sites for hydroxylation is 2. The van der Waals surface area contributed by atoms with Crippen molar-refractivity contribution in [2.75, 3.05) is 26.2 Å². The van der Waals surface area contributed by atoms with E-state index < -0.39 is 0 Å². The van der Waals surface area contributed by atoms with Gasteiger partial charge in [-0.3, -0.25) is 9.59 Å². The van der Waals surface area contributed by atoms with Crippen molar-refractivity contribution in [3.05, 3.63) is 46.8 Å². The monoisotopic (exact) mass is 441 g/mol. The van der Waals surface area contributed by atoms with Gasteiger partial charge in [-0.1, -0.05) is 17.3 Å². The molecule has 0 radical (unpaired) electrons. The van der Waals surface area contributed by atoms with E-state index in [9.17, 15) is 9.59 Å². The first-order valence-corrected chi connectivity index (χ1v) is 12.2. The van der Waals surface area contributed by atoms with E-state index in [1.165, 1.54) is 6.42 Å². The van der Waals surface area contributed by atoms with E-state index in [1.807, 2.05) is 47.9 Å². The Labute approximate surface area is 188 Å². The van der Waals surface area contributed by atoms with Crippen LogP contribution < -0.4 is 0 Å². The summed E-state index contributed by atoms with van der Waals surface area (Å²) in [6, 6.07) is 7.79. The number of aromatic nitrogens is 1. The summed E-state index contributed by atoms with van der Waals surface area (Å²) in [6.07, 6.45) is 4.98. The minimum Gasteiger partial charge on any atom is -0.361 e. The first-order valence-electron chi connectivity index (χ1n) is 11.3. The lowest BCUT2D eigenvalue weighted by Crippen LogP contribution is -2.45. The number of rotatable bonds is 5. The highest BCUT2D eigenvalue weighted by Gasteiger charge is 2.31. The van der Waals surface area contributed by atoms with Crippen LogP contribution in [-0.4, -0.2) is 52.9 Å². The molecule has 2 fully saturated rings. The smallest absolute Gasteiger partial charge is 0.254 e. The minimum absolute atomic E-state index is 0.0609. The highest BCUT2D eigenvalue weighted by Crippen LogP contribution is 2.30. The van der Waals surface area contributed by atoms with Crippen LogP contribution in [0.1, 0.15) is 59.5 Å². The molecule has 2 aromatic rings. The second kappa shape index (κ2) is 9.90. The second-order valence-electron chi connectivity index (χ2n) is 8.54. The van der Waals surface area contributed by atoms with Gasteiger partial charge in [0.2, 0.25) is 5.91 Å². The Balaban J connectivity index is 1.37. The van der Waals surface area contributed by atoms with Gasteiger partial charge in [0, 0.05) is 48.3 Å². The zero-order valence-corrected chi connectivity index (χ0v) is 19.2. The van der Waals surface area contributed by atoms with Crippen molar-refractivity contribution >= 4 is 23.6 Å². The molecule has 6 nitrogen and oxygen atoms in total. The molecule has 4 rings (SSSR count). The maximum absolute atomic E-state index is 13.3. The zero-order valence-electron chi connectivity index (χ0n) is 18.4. The molecule has 1 aromatic carbocycles. The number of likely N-dealkylation sites (tertiary alicyclic amines) is 2. The van der Waals surface area contributed by atoms with Gasteiger partial charge in [0.25, 0.3) is 5.91 Å². The molecule has 0 atom stereocenters. The van der Waals surface area contributed by atoms with Gasteiger partial charge in [-0.05, 0) is 58.1 Å². The van der Waals surface area contributed by atoms with E-state index in [0.29, 0.717) is 19.0 Å². The average molecular weight is 442 g/mol. The first kappa shape index (κ1) is 21.9. The van der Waals surface area contributed by atoms with Crippen LogP contribution in [0.25, 0.3) is 0 Å². The molecule has 7 heteroatoms. The number of piperidine rings is 2. The van der Waals surface area contributed by atoms with Crippen molar-refractivity contribution in [1.29, 1.82) is 0 Å². The van der Waals surface area contributed by atoms with Gasteiger partial charge in [0.15, 0.2) is 0 Å². The molecular weight excluding hydrogens is 410 g/mol. The summed E-state index contributed by atoms with van der Waals surface area (Å²) >= 11 is 1.64. The fourth-order valence-electron chi connectivity index (χ4n) is 4.50. The van der Waals surface area contributed by atoms with Gasteiger partial charge in [-0.15, -0.1) is 11.8 Å². The molecular formula is C24H31N3O3S.